The molecule has 1 fully saturated rings. The van der Waals surface area contributed by atoms with Gasteiger partial charge in [0.05, 0.1) is 5.69 Å². The van der Waals surface area contributed by atoms with Crippen LogP contribution in [0.3, 0.4) is 0 Å². The molecular weight excluding hydrogens is 194 g/mol. The van der Waals surface area contributed by atoms with Crippen LogP contribution in [0.1, 0.15) is 31.4 Å². The number of hydrogen-bond donors (Lipinski definition) is 2. The lowest BCUT2D eigenvalue weighted by Gasteiger charge is -2.29. The van der Waals surface area contributed by atoms with Crippen molar-refractivity contribution in [2.75, 3.05) is 5.32 Å². The number of rotatable bonds is 2. The Balaban J connectivity index is 1.95. The summed E-state index contributed by atoms with van der Waals surface area (Å²) in [5.41, 5.74) is 7.13. The maximum atomic E-state index is 6.05. The Kier molecular flexibility index (Phi) is 3.03. The zero-order valence-electron chi connectivity index (χ0n) is 8.49. The van der Waals surface area contributed by atoms with Crippen LogP contribution in [0.4, 0.5) is 5.13 Å². The summed E-state index contributed by atoms with van der Waals surface area (Å²) in [6, 6.07) is 0.724. The molecule has 1 aromatic heterocycles. The summed E-state index contributed by atoms with van der Waals surface area (Å²) in [6.45, 7) is 2.02. The van der Waals surface area contributed by atoms with Crippen LogP contribution in [0.2, 0.25) is 0 Å². The molecule has 1 aromatic rings. The van der Waals surface area contributed by atoms with Crippen LogP contribution in [0.25, 0.3) is 0 Å². The highest BCUT2D eigenvalue weighted by Crippen LogP contribution is 2.22. The van der Waals surface area contributed by atoms with Crippen molar-refractivity contribution in [2.24, 2.45) is 5.73 Å². The lowest BCUT2D eigenvalue weighted by molar-refractivity contribution is 0.404. The van der Waals surface area contributed by atoms with Crippen molar-refractivity contribution < 1.29 is 0 Å². The fraction of sp³-hybridized carbons (Fsp3) is 0.700. The molecule has 2 atom stereocenters. The molecule has 0 aromatic carbocycles. The van der Waals surface area contributed by atoms with E-state index in [0.717, 1.165) is 17.2 Å². The fourth-order valence-electron chi connectivity index (χ4n) is 1.92. The van der Waals surface area contributed by atoms with Gasteiger partial charge in [-0.3, -0.25) is 0 Å². The molecule has 3 N–H and O–H groups in total. The van der Waals surface area contributed by atoms with Crippen LogP contribution in [-0.2, 0) is 0 Å². The maximum absolute atomic E-state index is 6.05. The lowest BCUT2D eigenvalue weighted by Crippen LogP contribution is -2.42. The molecule has 1 aliphatic rings. The SMILES string of the molecule is Cc1csc(N[C@@H]2CCCC[C@H]2N)n1. The predicted molar refractivity (Wildman–Crippen MR) is 60.7 cm³/mol. The van der Waals surface area contributed by atoms with Crippen LogP contribution >= 0.6 is 11.3 Å². The zero-order valence-corrected chi connectivity index (χ0v) is 9.31. The first kappa shape index (κ1) is 9.93. The number of hydrogen-bond acceptors (Lipinski definition) is 4. The van der Waals surface area contributed by atoms with E-state index >= 15 is 0 Å². The molecule has 0 bridgehead atoms. The summed E-state index contributed by atoms with van der Waals surface area (Å²) in [6.07, 6.45) is 4.88. The van der Waals surface area contributed by atoms with E-state index in [0.29, 0.717) is 12.1 Å². The van der Waals surface area contributed by atoms with Gasteiger partial charge in [-0.15, -0.1) is 11.3 Å². The summed E-state index contributed by atoms with van der Waals surface area (Å²) < 4.78 is 0. The van der Waals surface area contributed by atoms with Gasteiger partial charge in [0.2, 0.25) is 0 Å². The Morgan fingerprint density at radius 2 is 2.29 bits per heavy atom. The molecule has 3 nitrogen and oxygen atoms in total. The van der Waals surface area contributed by atoms with Gasteiger partial charge in [0, 0.05) is 17.5 Å². The molecule has 1 aliphatic carbocycles. The first-order valence-corrected chi connectivity index (χ1v) is 6.08. The third-order valence-electron chi connectivity index (χ3n) is 2.75. The minimum Gasteiger partial charge on any atom is -0.357 e. The summed E-state index contributed by atoms with van der Waals surface area (Å²) >= 11 is 1.67. The van der Waals surface area contributed by atoms with Crippen molar-refractivity contribution in [2.45, 2.75) is 44.7 Å². The average molecular weight is 211 g/mol. The van der Waals surface area contributed by atoms with E-state index in [-0.39, 0.29) is 0 Å². The Bertz CT molecular complexity index is 297. The summed E-state index contributed by atoms with van der Waals surface area (Å²) in [4.78, 5) is 4.39. The van der Waals surface area contributed by atoms with Crippen LogP contribution in [0.5, 0.6) is 0 Å². The highest BCUT2D eigenvalue weighted by molar-refractivity contribution is 7.13. The monoisotopic (exact) mass is 211 g/mol. The van der Waals surface area contributed by atoms with E-state index in [1.807, 2.05) is 6.92 Å². The second kappa shape index (κ2) is 4.28. The van der Waals surface area contributed by atoms with E-state index in [2.05, 4.69) is 15.7 Å². The quantitative estimate of drug-likeness (QED) is 0.788. The Labute approximate surface area is 88.7 Å². The average Bonchev–Trinajstić information content (AvgIpc) is 2.56. The summed E-state index contributed by atoms with van der Waals surface area (Å²) in [7, 11) is 0. The predicted octanol–water partition coefficient (Wildman–Crippen LogP) is 2.13. The van der Waals surface area contributed by atoms with Crippen LogP contribution in [-0.4, -0.2) is 17.1 Å². The zero-order chi connectivity index (χ0) is 9.97. The molecule has 0 radical (unpaired) electrons. The van der Waals surface area contributed by atoms with Crippen molar-refractivity contribution in [3.05, 3.63) is 11.1 Å². The molecule has 14 heavy (non-hydrogen) atoms. The topological polar surface area (TPSA) is 50.9 Å². The van der Waals surface area contributed by atoms with Crippen molar-refractivity contribution in [1.29, 1.82) is 0 Å². The van der Waals surface area contributed by atoms with Gasteiger partial charge >= 0.3 is 0 Å². The van der Waals surface area contributed by atoms with Gasteiger partial charge in [-0.25, -0.2) is 4.98 Å². The van der Waals surface area contributed by atoms with Gasteiger partial charge in [0.1, 0.15) is 0 Å². The highest BCUT2D eigenvalue weighted by atomic mass is 32.1. The van der Waals surface area contributed by atoms with Gasteiger partial charge in [0.25, 0.3) is 0 Å². The summed E-state index contributed by atoms with van der Waals surface area (Å²) in [5, 5.41) is 6.52. The molecule has 2 rings (SSSR count). The van der Waals surface area contributed by atoms with Gasteiger partial charge < -0.3 is 11.1 Å². The number of nitrogens with two attached hydrogens (primary N) is 1. The molecule has 78 valence electrons. The Hall–Kier alpha value is -0.610. The number of aromatic nitrogens is 1. The van der Waals surface area contributed by atoms with Crippen molar-refractivity contribution in [3.63, 3.8) is 0 Å². The fourth-order valence-corrected chi connectivity index (χ4v) is 2.67. The number of anilines is 1. The third kappa shape index (κ3) is 2.25. The number of thiazole rings is 1. The van der Waals surface area contributed by atoms with Crippen molar-refractivity contribution >= 4 is 16.5 Å². The Morgan fingerprint density at radius 3 is 2.93 bits per heavy atom. The lowest BCUT2D eigenvalue weighted by atomic mass is 9.91. The molecule has 1 saturated carbocycles. The van der Waals surface area contributed by atoms with Crippen molar-refractivity contribution in [3.8, 4) is 0 Å². The van der Waals surface area contributed by atoms with Gasteiger partial charge in [-0.05, 0) is 19.8 Å². The van der Waals surface area contributed by atoms with E-state index in [1.54, 1.807) is 11.3 Å². The molecule has 0 unspecified atom stereocenters. The molecule has 0 spiro atoms. The van der Waals surface area contributed by atoms with Gasteiger partial charge in [-0.1, -0.05) is 12.8 Å². The van der Waals surface area contributed by atoms with Crippen molar-refractivity contribution in [1.82, 2.24) is 4.98 Å². The van der Waals surface area contributed by atoms with Gasteiger partial charge in [-0.2, -0.15) is 0 Å². The first-order valence-electron chi connectivity index (χ1n) is 5.20. The minimum absolute atomic E-state index is 0.299. The van der Waals surface area contributed by atoms with E-state index < -0.39 is 0 Å². The van der Waals surface area contributed by atoms with E-state index in [9.17, 15) is 0 Å². The second-order valence-electron chi connectivity index (χ2n) is 3.99. The molecule has 1 heterocycles. The summed E-state index contributed by atoms with van der Waals surface area (Å²) in [5.74, 6) is 0. The second-order valence-corrected chi connectivity index (χ2v) is 4.85. The van der Waals surface area contributed by atoms with E-state index in [1.165, 1.54) is 19.3 Å². The number of nitrogens with zero attached hydrogens (tertiary/aromatic N) is 1. The smallest absolute Gasteiger partial charge is 0.183 e. The molecule has 4 heteroatoms. The number of aryl methyl sites for hydroxylation is 1. The maximum Gasteiger partial charge on any atom is 0.183 e. The van der Waals surface area contributed by atoms with Crippen LogP contribution < -0.4 is 11.1 Å². The number of nitrogens with one attached hydrogen (secondary N) is 1. The molecule has 0 aliphatic heterocycles. The molecular formula is C10H17N3S. The third-order valence-corrected chi connectivity index (χ3v) is 3.64. The largest absolute Gasteiger partial charge is 0.357 e. The minimum atomic E-state index is 0.299. The first-order chi connectivity index (χ1) is 6.75. The van der Waals surface area contributed by atoms with Crippen LogP contribution in [0.15, 0.2) is 5.38 Å². The highest BCUT2D eigenvalue weighted by Gasteiger charge is 2.21. The molecule has 0 amide bonds. The van der Waals surface area contributed by atoms with Gasteiger partial charge in [0.15, 0.2) is 5.13 Å². The molecule has 0 saturated heterocycles. The standard InChI is InChI=1S/C10H17N3S/c1-7-6-14-10(12-7)13-9-5-3-2-4-8(9)11/h6,8-9H,2-5,11H2,1H3,(H,12,13)/t8-,9-/m1/s1. The van der Waals surface area contributed by atoms with Crippen LogP contribution in [0, 0.1) is 6.92 Å². The van der Waals surface area contributed by atoms with E-state index in [4.69, 9.17) is 5.73 Å². The Morgan fingerprint density at radius 1 is 1.50 bits per heavy atom. The normalized spacial score (nSPS) is 27.6.